The summed E-state index contributed by atoms with van der Waals surface area (Å²) < 4.78 is 0. The third-order valence-corrected chi connectivity index (χ3v) is 2.91. The zero-order valence-electron chi connectivity index (χ0n) is 10.6. The van der Waals surface area contributed by atoms with Crippen LogP contribution < -0.4 is 11.1 Å². The lowest BCUT2D eigenvalue weighted by Gasteiger charge is -2.19. The van der Waals surface area contributed by atoms with Gasteiger partial charge in [-0.15, -0.1) is 0 Å². The van der Waals surface area contributed by atoms with Crippen molar-refractivity contribution in [2.75, 3.05) is 6.54 Å². The van der Waals surface area contributed by atoms with Crippen LogP contribution in [0.1, 0.15) is 17.2 Å². The van der Waals surface area contributed by atoms with Gasteiger partial charge in [0.2, 0.25) is 5.91 Å². The maximum atomic E-state index is 11.5. The zero-order valence-corrected chi connectivity index (χ0v) is 10.6. The number of hydrogen-bond donors (Lipinski definition) is 2. The molecular weight excluding hydrogens is 238 g/mol. The number of carbonyl (C=O) groups excluding carboxylic acids is 1. The number of benzene rings is 1. The summed E-state index contributed by atoms with van der Waals surface area (Å²) in [6, 6.07) is 13.7. The average molecular weight is 255 g/mol. The minimum Gasteiger partial charge on any atom is -0.348 e. The van der Waals surface area contributed by atoms with Crippen LogP contribution in [0.3, 0.4) is 0 Å². The highest BCUT2D eigenvalue weighted by atomic mass is 16.1. The molecule has 1 amide bonds. The fourth-order valence-corrected chi connectivity index (χ4v) is 1.95. The van der Waals surface area contributed by atoms with Crippen LogP contribution in [0.5, 0.6) is 0 Å². The molecule has 19 heavy (non-hydrogen) atoms. The lowest BCUT2D eigenvalue weighted by molar-refractivity contribution is -0.120. The van der Waals surface area contributed by atoms with Crippen molar-refractivity contribution in [3.8, 4) is 0 Å². The van der Waals surface area contributed by atoms with Gasteiger partial charge >= 0.3 is 0 Å². The van der Waals surface area contributed by atoms with Gasteiger partial charge in [-0.05, 0) is 29.7 Å². The molecule has 0 saturated carbocycles. The summed E-state index contributed by atoms with van der Waals surface area (Å²) in [6.07, 6.45) is 4.22. The summed E-state index contributed by atoms with van der Waals surface area (Å²) in [6.45, 7) is -0.000319. The normalized spacial score (nSPS) is 11.8. The lowest BCUT2D eigenvalue weighted by Crippen LogP contribution is -2.34. The maximum Gasteiger partial charge on any atom is 0.234 e. The van der Waals surface area contributed by atoms with Gasteiger partial charge in [-0.2, -0.15) is 0 Å². The number of carbonyl (C=O) groups is 1. The number of nitrogens with one attached hydrogen (secondary N) is 1. The summed E-state index contributed by atoms with van der Waals surface area (Å²) in [5, 5.41) is 2.95. The van der Waals surface area contributed by atoms with Crippen LogP contribution in [0.4, 0.5) is 0 Å². The Bertz CT molecular complexity index is 513. The van der Waals surface area contributed by atoms with E-state index >= 15 is 0 Å². The second-order valence-electron chi connectivity index (χ2n) is 4.29. The molecule has 1 aromatic heterocycles. The molecular formula is C15H17N3O. The van der Waals surface area contributed by atoms with E-state index in [0.29, 0.717) is 0 Å². The Kier molecular flexibility index (Phi) is 4.64. The summed E-state index contributed by atoms with van der Waals surface area (Å²) in [4.78, 5) is 15.5. The number of pyridine rings is 1. The lowest BCUT2D eigenvalue weighted by atomic mass is 9.99. The van der Waals surface area contributed by atoms with Crippen LogP contribution in [0, 0.1) is 0 Å². The molecule has 2 rings (SSSR count). The predicted molar refractivity (Wildman–Crippen MR) is 74.3 cm³/mol. The molecule has 4 heteroatoms. The van der Waals surface area contributed by atoms with Crippen LogP contribution in [0.15, 0.2) is 54.9 Å². The maximum absolute atomic E-state index is 11.5. The van der Waals surface area contributed by atoms with Crippen LogP contribution in [-0.2, 0) is 11.2 Å². The Balaban J connectivity index is 2.17. The third-order valence-electron chi connectivity index (χ3n) is 2.91. The third kappa shape index (κ3) is 3.89. The van der Waals surface area contributed by atoms with Gasteiger partial charge in [0.15, 0.2) is 0 Å². The number of aromatic nitrogens is 1. The fourth-order valence-electron chi connectivity index (χ4n) is 1.95. The Morgan fingerprint density at radius 1 is 1.16 bits per heavy atom. The molecule has 0 aliphatic carbocycles. The first kappa shape index (κ1) is 13.2. The largest absolute Gasteiger partial charge is 0.348 e. The van der Waals surface area contributed by atoms with Gasteiger partial charge in [0.25, 0.3) is 0 Å². The molecule has 0 spiro atoms. The summed E-state index contributed by atoms with van der Waals surface area (Å²) in [7, 11) is 0. The predicted octanol–water partition coefficient (Wildman–Crippen LogP) is 1.44. The van der Waals surface area contributed by atoms with Crippen molar-refractivity contribution in [1.29, 1.82) is 0 Å². The molecule has 0 radical (unpaired) electrons. The number of nitrogens with two attached hydrogens (primary N) is 1. The van der Waals surface area contributed by atoms with Gasteiger partial charge in [-0.3, -0.25) is 9.78 Å². The molecule has 2 aromatic rings. The first-order valence-electron chi connectivity index (χ1n) is 6.23. The molecule has 0 fully saturated rings. The standard InChI is InChI=1S/C15H17N3O/c16-11-15(19)18-14(13-4-2-1-3-5-13)10-12-6-8-17-9-7-12/h1-9,14H,10-11,16H2,(H,18,19). The molecule has 1 heterocycles. The average Bonchev–Trinajstić information content (AvgIpc) is 2.48. The van der Waals surface area contributed by atoms with Gasteiger partial charge in [-0.1, -0.05) is 30.3 Å². The van der Waals surface area contributed by atoms with E-state index in [-0.39, 0.29) is 18.5 Å². The van der Waals surface area contributed by atoms with E-state index < -0.39 is 0 Å². The molecule has 0 aliphatic rings. The van der Waals surface area contributed by atoms with Crippen molar-refractivity contribution >= 4 is 5.91 Å². The minimum absolute atomic E-state index is 0.000319. The van der Waals surface area contributed by atoms with Crippen molar-refractivity contribution in [3.05, 3.63) is 66.0 Å². The van der Waals surface area contributed by atoms with Gasteiger partial charge < -0.3 is 11.1 Å². The SMILES string of the molecule is NCC(=O)NC(Cc1ccncc1)c1ccccc1. The number of amides is 1. The van der Waals surface area contributed by atoms with E-state index in [2.05, 4.69) is 10.3 Å². The smallest absolute Gasteiger partial charge is 0.234 e. The van der Waals surface area contributed by atoms with Crippen molar-refractivity contribution in [3.63, 3.8) is 0 Å². The second kappa shape index (κ2) is 6.66. The van der Waals surface area contributed by atoms with E-state index in [9.17, 15) is 4.79 Å². The van der Waals surface area contributed by atoms with Crippen molar-refractivity contribution in [2.45, 2.75) is 12.5 Å². The highest BCUT2D eigenvalue weighted by Crippen LogP contribution is 2.17. The van der Waals surface area contributed by atoms with Crippen LogP contribution >= 0.6 is 0 Å². The van der Waals surface area contributed by atoms with E-state index in [0.717, 1.165) is 17.5 Å². The summed E-state index contributed by atoms with van der Waals surface area (Å²) >= 11 is 0. The van der Waals surface area contributed by atoms with E-state index in [1.54, 1.807) is 12.4 Å². The molecule has 1 atom stereocenters. The highest BCUT2D eigenvalue weighted by Gasteiger charge is 2.14. The van der Waals surface area contributed by atoms with Crippen molar-refractivity contribution in [1.82, 2.24) is 10.3 Å². The minimum atomic E-state index is -0.150. The summed E-state index contributed by atoms with van der Waals surface area (Å²) in [5.74, 6) is -0.150. The number of nitrogens with zero attached hydrogens (tertiary/aromatic N) is 1. The molecule has 98 valence electrons. The molecule has 0 bridgehead atoms. The molecule has 0 aliphatic heterocycles. The quantitative estimate of drug-likeness (QED) is 0.849. The van der Waals surface area contributed by atoms with E-state index in [1.165, 1.54) is 0 Å². The molecule has 1 aromatic carbocycles. The van der Waals surface area contributed by atoms with Gasteiger partial charge in [0.05, 0.1) is 12.6 Å². The second-order valence-corrected chi connectivity index (χ2v) is 4.29. The molecule has 3 N–H and O–H groups in total. The Morgan fingerprint density at radius 2 is 1.84 bits per heavy atom. The first-order valence-corrected chi connectivity index (χ1v) is 6.23. The topological polar surface area (TPSA) is 68.0 Å². The van der Waals surface area contributed by atoms with Crippen LogP contribution in [-0.4, -0.2) is 17.4 Å². The molecule has 1 unspecified atom stereocenters. The first-order chi connectivity index (χ1) is 9.29. The Morgan fingerprint density at radius 3 is 2.47 bits per heavy atom. The van der Waals surface area contributed by atoms with E-state index in [1.807, 2.05) is 42.5 Å². The van der Waals surface area contributed by atoms with Gasteiger partial charge in [-0.25, -0.2) is 0 Å². The van der Waals surface area contributed by atoms with Gasteiger partial charge in [0.1, 0.15) is 0 Å². The van der Waals surface area contributed by atoms with E-state index in [4.69, 9.17) is 5.73 Å². The number of hydrogen-bond acceptors (Lipinski definition) is 3. The zero-order chi connectivity index (χ0) is 13.5. The van der Waals surface area contributed by atoms with Crippen molar-refractivity contribution in [2.24, 2.45) is 5.73 Å². The highest BCUT2D eigenvalue weighted by molar-refractivity contribution is 5.78. The van der Waals surface area contributed by atoms with Gasteiger partial charge in [0, 0.05) is 12.4 Å². The van der Waals surface area contributed by atoms with Crippen molar-refractivity contribution < 1.29 is 4.79 Å². The Labute approximate surface area is 112 Å². The van der Waals surface area contributed by atoms with Crippen LogP contribution in [0.2, 0.25) is 0 Å². The van der Waals surface area contributed by atoms with Crippen LogP contribution in [0.25, 0.3) is 0 Å². The number of rotatable bonds is 5. The fraction of sp³-hybridized carbons (Fsp3) is 0.200. The monoisotopic (exact) mass is 255 g/mol. The summed E-state index contributed by atoms with van der Waals surface area (Å²) in [5.41, 5.74) is 7.57. The molecule has 0 saturated heterocycles. The molecule has 4 nitrogen and oxygen atoms in total. The Hall–Kier alpha value is -2.20.